The van der Waals surface area contributed by atoms with Crippen molar-refractivity contribution < 1.29 is 18.0 Å². The zero-order valence-corrected chi connectivity index (χ0v) is 9.36. The van der Waals surface area contributed by atoms with E-state index in [4.69, 9.17) is 11.6 Å². The number of benzene rings is 1. The van der Waals surface area contributed by atoms with Gasteiger partial charge in [0.25, 0.3) is 0 Å². The molecule has 0 heterocycles. The van der Waals surface area contributed by atoms with Crippen molar-refractivity contribution in [3.8, 4) is 0 Å². The number of hydrogen-bond acceptors (Lipinski definition) is 2. The maximum Gasteiger partial charge on any atom is 0.417 e. The van der Waals surface area contributed by atoms with Crippen molar-refractivity contribution in [2.75, 3.05) is 7.11 Å². The van der Waals surface area contributed by atoms with Crippen LogP contribution in [0.2, 0.25) is 5.02 Å². The molecule has 0 spiro atoms. The van der Waals surface area contributed by atoms with Crippen LogP contribution in [0.25, 0.3) is 0 Å². The molecule has 1 rings (SSSR count). The Morgan fingerprint density at radius 1 is 1.38 bits per heavy atom. The second-order valence-corrected chi connectivity index (χ2v) is 3.46. The van der Waals surface area contributed by atoms with Crippen molar-refractivity contribution in [3.05, 3.63) is 34.3 Å². The van der Waals surface area contributed by atoms with Crippen LogP contribution in [0.1, 0.15) is 18.1 Å². The molecule has 0 aliphatic heterocycles. The van der Waals surface area contributed by atoms with E-state index in [2.05, 4.69) is 9.99 Å². The minimum absolute atomic E-state index is 0.318. The fraction of sp³-hybridized carbons (Fsp3) is 0.300. The predicted molar refractivity (Wildman–Crippen MR) is 55.7 cm³/mol. The molecule has 0 aliphatic carbocycles. The van der Waals surface area contributed by atoms with Gasteiger partial charge in [-0.3, -0.25) is 0 Å². The summed E-state index contributed by atoms with van der Waals surface area (Å²) in [6.07, 6.45) is -4.47. The number of oxime groups is 1. The molecule has 0 N–H and O–H groups in total. The van der Waals surface area contributed by atoms with Gasteiger partial charge in [0.05, 0.1) is 16.3 Å². The van der Waals surface area contributed by atoms with Crippen molar-refractivity contribution in [3.63, 3.8) is 0 Å². The van der Waals surface area contributed by atoms with Crippen LogP contribution < -0.4 is 0 Å². The van der Waals surface area contributed by atoms with Gasteiger partial charge >= 0.3 is 6.18 Å². The van der Waals surface area contributed by atoms with Gasteiger partial charge in [-0.25, -0.2) is 0 Å². The first-order valence-electron chi connectivity index (χ1n) is 4.31. The Balaban J connectivity index is 3.23. The first kappa shape index (κ1) is 12.8. The minimum Gasteiger partial charge on any atom is -0.399 e. The fourth-order valence-electron chi connectivity index (χ4n) is 1.16. The van der Waals surface area contributed by atoms with E-state index in [1.165, 1.54) is 19.2 Å². The summed E-state index contributed by atoms with van der Waals surface area (Å²) in [5.74, 6) is 0. The highest BCUT2D eigenvalue weighted by Gasteiger charge is 2.33. The first-order chi connectivity index (χ1) is 7.36. The Labute approximate surface area is 95.7 Å². The summed E-state index contributed by atoms with van der Waals surface area (Å²) in [5.41, 5.74) is -0.208. The van der Waals surface area contributed by atoms with Crippen LogP contribution in [0.4, 0.5) is 13.2 Å². The maximum absolute atomic E-state index is 12.5. The number of halogens is 4. The molecular weight excluding hydrogens is 243 g/mol. The van der Waals surface area contributed by atoms with Gasteiger partial charge in [0, 0.05) is 0 Å². The number of rotatable bonds is 2. The van der Waals surface area contributed by atoms with Crippen LogP contribution in [-0.4, -0.2) is 12.8 Å². The lowest BCUT2D eigenvalue weighted by Gasteiger charge is -2.10. The molecular formula is C10H9ClF3NO. The molecule has 1 aromatic carbocycles. The van der Waals surface area contributed by atoms with E-state index in [9.17, 15) is 13.2 Å². The third-order valence-corrected chi connectivity index (χ3v) is 2.25. The van der Waals surface area contributed by atoms with Gasteiger partial charge in [0.1, 0.15) is 7.11 Å². The molecule has 6 heteroatoms. The Morgan fingerprint density at radius 3 is 2.50 bits per heavy atom. The molecule has 0 radical (unpaired) electrons. The van der Waals surface area contributed by atoms with E-state index in [0.29, 0.717) is 11.3 Å². The molecule has 0 aliphatic rings. The predicted octanol–water partition coefficient (Wildman–Crippen LogP) is 3.73. The molecule has 0 atom stereocenters. The summed E-state index contributed by atoms with van der Waals surface area (Å²) >= 11 is 5.47. The highest BCUT2D eigenvalue weighted by molar-refractivity contribution is 6.31. The molecule has 88 valence electrons. The van der Waals surface area contributed by atoms with Gasteiger partial charge in [0.15, 0.2) is 0 Å². The first-order valence-corrected chi connectivity index (χ1v) is 4.69. The molecule has 0 fully saturated rings. The van der Waals surface area contributed by atoms with Crippen molar-refractivity contribution in [2.45, 2.75) is 13.1 Å². The van der Waals surface area contributed by atoms with Crippen molar-refractivity contribution in [1.82, 2.24) is 0 Å². The van der Waals surface area contributed by atoms with E-state index in [0.717, 1.165) is 6.07 Å². The quantitative estimate of drug-likeness (QED) is 0.580. The molecule has 0 saturated heterocycles. The summed E-state index contributed by atoms with van der Waals surface area (Å²) < 4.78 is 37.6. The highest BCUT2D eigenvalue weighted by Crippen LogP contribution is 2.35. The third-order valence-electron chi connectivity index (χ3n) is 1.92. The monoisotopic (exact) mass is 251 g/mol. The van der Waals surface area contributed by atoms with Crippen molar-refractivity contribution in [2.24, 2.45) is 5.16 Å². The maximum atomic E-state index is 12.5. The van der Waals surface area contributed by atoms with Gasteiger partial charge < -0.3 is 4.84 Å². The number of hydrogen-bond donors (Lipinski definition) is 0. The van der Waals surface area contributed by atoms with Crippen LogP contribution in [0.3, 0.4) is 0 Å². The second-order valence-electron chi connectivity index (χ2n) is 3.05. The standard InChI is InChI=1S/C10H9ClF3NO/c1-6(15-16-2)7-3-4-9(11)8(5-7)10(12,13)14/h3-5H,1-2H3/b15-6+. The summed E-state index contributed by atoms with van der Waals surface area (Å²) in [7, 11) is 1.32. The molecule has 0 aromatic heterocycles. The summed E-state index contributed by atoms with van der Waals surface area (Å²) in [5, 5.41) is 3.22. The van der Waals surface area contributed by atoms with Crippen molar-refractivity contribution in [1.29, 1.82) is 0 Å². The molecule has 0 saturated carbocycles. The van der Waals surface area contributed by atoms with Gasteiger partial charge in [-0.2, -0.15) is 13.2 Å². The fourth-order valence-corrected chi connectivity index (χ4v) is 1.38. The zero-order valence-electron chi connectivity index (χ0n) is 8.60. The van der Waals surface area contributed by atoms with Crippen molar-refractivity contribution >= 4 is 17.3 Å². The van der Waals surface area contributed by atoms with Crippen LogP contribution >= 0.6 is 11.6 Å². The lowest BCUT2D eigenvalue weighted by atomic mass is 10.1. The molecule has 1 aromatic rings. The average molecular weight is 252 g/mol. The van der Waals surface area contributed by atoms with Crippen LogP contribution in [0.15, 0.2) is 23.4 Å². The van der Waals surface area contributed by atoms with Crippen LogP contribution in [0, 0.1) is 0 Å². The minimum atomic E-state index is -4.47. The topological polar surface area (TPSA) is 21.6 Å². The summed E-state index contributed by atoms with van der Waals surface area (Å²) in [6.45, 7) is 1.55. The van der Waals surface area contributed by atoms with Crippen LogP contribution in [0.5, 0.6) is 0 Å². The van der Waals surface area contributed by atoms with E-state index >= 15 is 0 Å². The molecule has 0 unspecified atom stereocenters. The Morgan fingerprint density at radius 2 is 2.00 bits per heavy atom. The van der Waals surface area contributed by atoms with E-state index < -0.39 is 11.7 Å². The average Bonchev–Trinajstić information content (AvgIpc) is 2.16. The molecule has 16 heavy (non-hydrogen) atoms. The Kier molecular flexibility index (Phi) is 3.80. The normalized spacial score (nSPS) is 12.8. The SMILES string of the molecule is CO/N=C(\C)c1ccc(Cl)c(C(F)(F)F)c1. The number of alkyl halides is 3. The smallest absolute Gasteiger partial charge is 0.399 e. The lowest BCUT2D eigenvalue weighted by Crippen LogP contribution is -2.08. The molecule has 2 nitrogen and oxygen atoms in total. The van der Waals surface area contributed by atoms with Gasteiger partial charge in [0.2, 0.25) is 0 Å². The van der Waals surface area contributed by atoms with E-state index in [1.54, 1.807) is 6.92 Å². The number of nitrogens with zero attached hydrogens (tertiary/aromatic N) is 1. The Hall–Kier alpha value is -1.23. The molecule has 0 amide bonds. The third kappa shape index (κ3) is 2.88. The van der Waals surface area contributed by atoms with Gasteiger partial charge in [-0.15, -0.1) is 0 Å². The molecule has 0 bridgehead atoms. The largest absolute Gasteiger partial charge is 0.417 e. The van der Waals surface area contributed by atoms with E-state index in [1.807, 2.05) is 0 Å². The van der Waals surface area contributed by atoms with E-state index in [-0.39, 0.29) is 5.02 Å². The van der Waals surface area contributed by atoms with Gasteiger partial charge in [-0.05, 0) is 24.6 Å². The van der Waals surface area contributed by atoms with Gasteiger partial charge in [-0.1, -0.05) is 22.8 Å². The Bertz CT molecular complexity index is 415. The highest BCUT2D eigenvalue weighted by atomic mass is 35.5. The van der Waals surface area contributed by atoms with Crippen LogP contribution in [-0.2, 0) is 11.0 Å². The zero-order chi connectivity index (χ0) is 12.3. The summed E-state index contributed by atoms with van der Waals surface area (Å²) in [4.78, 5) is 4.49. The summed E-state index contributed by atoms with van der Waals surface area (Å²) in [6, 6.07) is 3.59. The lowest BCUT2D eigenvalue weighted by molar-refractivity contribution is -0.137. The second kappa shape index (κ2) is 4.74.